The Morgan fingerprint density at radius 1 is 1.04 bits per heavy atom. The standard InChI is InChI=1S/C21H20O5/c1-3-4-15-5-7-16(8-6-15)24-13-21(23)25-17-9-10-18-14(2)11-20(22)26-19(18)12-17/h5-12H,3-4,13H2,1-2H3. The van der Waals surface area contributed by atoms with Gasteiger partial charge < -0.3 is 13.9 Å². The molecule has 5 nitrogen and oxygen atoms in total. The molecule has 0 unspecified atom stereocenters. The summed E-state index contributed by atoms with van der Waals surface area (Å²) in [6.45, 7) is 3.74. The Labute approximate surface area is 151 Å². The summed E-state index contributed by atoms with van der Waals surface area (Å²) >= 11 is 0. The van der Waals surface area contributed by atoms with Gasteiger partial charge in [0.15, 0.2) is 6.61 Å². The van der Waals surface area contributed by atoms with Crippen molar-refractivity contribution in [2.24, 2.45) is 0 Å². The third-order valence-corrected chi connectivity index (χ3v) is 3.97. The number of benzene rings is 2. The molecule has 0 N–H and O–H groups in total. The van der Waals surface area contributed by atoms with Crippen molar-refractivity contribution >= 4 is 16.9 Å². The zero-order valence-corrected chi connectivity index (χ0v) is 14.8. The number of carbonyl (C=O) groups excluding carboxylic acids is 1. The average molecular weight is 352 g/mol. The molecule has 0 aliphatic rings. The maximum Gasteiger partial charge on any atom is 0.349 e. The van der Waals surface area contributed by atoms with Gasteiger partial charge in [-0.15, -0.1) is 0 Å². The number of esters is 1. The number of hydrogen-bond donors (Lipinski definition) is 0. The first-order chi connectivity index (χ1) is 12.5. The molecule has 0 aliphatic carbocycles. The lowest BCUT2D eigenvalue weighted by Gasteiger charge is -2.08. The van der Waals surface area contributed by atoms with Crippen LogP contribution in [0.1, 0.15) is 24.5 Å². The van der Waals surface area contributed by atoms with Crippen molar-refractivity contribution in [2.75, 3.05) is 6.61 Å². The molecule has 3 rings (SSSR count). The second kappa shape index (κ2) is 7.87. The lowest BCUT2D eigenvalue weighted by Crippen LogP contribution is -2.17. The fourth-order valence-electron chi connectivity index (χ4n) is 2.71. The highest BCUT2D eigenvalue weighted by Crippen LogP contribution is 2.22. The Hall–Kier alpha value is -3.08. The van der Waals surface area contributed by atoms with Crippen LogP contribution in [0.25, 0.3) is 11.0 Å². The van der Waals surface area contributed by atoms with Crippen molar-refractivity contribution in [1.82, 2.24) is 0 Å². The van der Waals surface area contributed by atoms with Crippen LogP contribution < -0.4 is 15.1 Å². The van der Waals surface area contributed by atoms with Crippen LogP contribution in [-0.4, -0.2) is 12.6 Å². The fourth-order valence-corrected chi connectivity index (χ4v) is 2.71. The molecule has 0 saturated carbocycles. The molecule has 0 fully saturated rings. The second-order valence-electron chi connectivity index (χ2n) is 6.06. The number of hydrogen-bond acceptors (Lipinski definition) is 5. The van der Waals surface area contributed by atoms with Gasteiger partial charge in [0.1, 0.15) is 17.1 Å². The zero-order chi connectivity index (χ0) is 18.5. The Balaban J connectivity index is 1.62. The lowest BCUT2D eigenvalue weighted by molar-refractivity contribution is -0.136. The molecule has 2 aromatic carbocycles. The molecule has 3 aromatic rings. The summed E-state index contributed by atoms with van der Waals surface area (Å²) in [6, 6.07) is 14.0. The van der Waals surface area contributed by atoms with Crippen molar-refractivity contribution in [3.05, 3.63) is 70.1 Å². The number of fused-ring (bicyclic) bond motifs is 1. The SMILES string of the molecule is CCCc1ccc(OCC(=O)Oc2ccc3c(C)cc(=O)oc3c2)cc1. The van der Waals surface area contributed by atoms with Crippen LogP contribution in [0.3, 0.4) is 0 Å². The van der Waals surface area contributed by atoms with Crippen molar-refractivity contribution in [2.45, 2.75) is 26.7 Å². The molecule has 0 atom stereocenters. The molecule has 1 aromatic heterocycles. The third-order valence-electron chi connectivity index (χ3n) is 3.97. The highest BCUT2D eigenvalue weighted by molar-refractivity contribution is 5.82. The molecular weight excluding hydrogens is 332 g/mol. The molecule has 5 heteroatoms. The molecule has 0 amide bonds. The van der Waals surface area contributed by atoms with E-state index in [9.17, 15) is 9.59 Å². The first-order valence-electron chi connectivity index (χ1n) is 8.52. The predicted octanol–water partition coefficient (Wildman–Crippen LogP) is 4.04. The molecule has 1 heterocycles. The molecule has 0 aliphatic heterocycles. The van der Waals surface area contributed by atoms with Crippen molar-refractivity contribution in [1.29, 1.82) is 0 Å². The van der Waals surface area contributed by atoms with Gasteiger partial charge in [0.25, 0.3) is 0 Å². The molecule has 0 radical (unpaired) electrons. The first kappa shape index (κ1) is 17.7. The average Bonchev–Trinajstić information content (AvgIpc) is 2.61. The van der Waals surface area contributed by atoms with Crippen molar-refractivity contribution in [3.8, 4) is 11.5 Å². The van der Waals surface area contributed by atoms with Crippen LogP contribution in [0.4, 0.5) is 0 Å². The number of carbonyl (C=O) groups is 1. The molecule has 0 bridgehead atoms. The van der Waals surface area contributed by atoms with Gasteiger partial charge in [0, 0.05) is 17.5 Å². The van der Waals surface area contributed by atoms with Gasteiger partial charge in [-0.1, -0.05) is 25.5 Å². The van der Waals surface area contributed by atoms with E-state index in [1.54, 1.807) is 12.1 Å². The maximum absolute atomic E-state index is 12.0. The summed E-state index contributed by atoms with van der Waals surface area (Å²) in [5.41, 5.74) is 1.99. The van der Waals surface area contributed by atoms with E-state index in [-0.39, 0.29) is 6.61 Å². The quantitative estimate of drug-likeness (QED) is 0.380. The maximum atomic E-state index is 12.0. The summed E-state index contributed by atoms with van der Waals surface area (Å²) < 4.78 is 15.9. The predicted molar refractivity (Wildman–Crippen MR) is 98.8 cm³/mol. The Kier molecular flexibility index (Phi) is 5.37. The summed E-state index contributed by atoms with van der Waals surface area (Å²) in [4.78, 5) is 23.5. The molecule has 26 heavy (non-hydrogen) atoms. The van der Waals surface area contributed by atoms with Crippen molar-refractivity contribution < 1.29 is 18.7 Å². The number of ether oxygens (including phenoxy) is 2. The van der Waals surface area contributed by atoms with E-state index in [2.05, 4.69) is 6.92 Å². The van der Waals surface area contributed by atoms with E-state index in [4.69, 9.17) is 13.9 Å². The monoisotopic (exact) mass is 352 g/mol. The van der Waals surface area contributed by atoms with E-state index in [1.165, 1.54) is 17.7 Å². The van der Waals surface area contributed by atoms with E-state index in [0.29, 0.717) is 17.1 Å². The topological polar surface area (TPSA) is 65.7 Å². The van der Waals surface area contributed by atoms with Gasteiger partial charge in [-0.05, 0) is 48.7 Å². The lowest BCUT2D eigenvalue weighted by atomic mass is 10.1. The summed E-state index contributed by atoms with van der Waals surface area (Å²) in [5.74, 6) is 0.386. The summed E-state index contributed by atoms with van der Waals surface area (Å²) in [5, 5.41) is 0.799. The van der Waals surface area contributed by atoms with Crippen LogP contribution in [0.2, 0.25) is 0 Å². The van der Waals surface area contributed by atoms with E-state index in [1.807, 2.05) is 31.2 Å². The second-order valence-corrected chi connectivity index (χ2v) is 6.06. The minimum atomic E-state index is -0.531. The Morgan fingerprint density at radius 3 is 2.50 bits per heavy atom. The van der Waals surface area contributed by atoms with E-state index >= 15 is 0 Å². The van der Waals surface area contributed by atoms with Crippen LogP contribution >= 0.6 is 0 Å². The van der Waals surface area contributed by atoms with E-state index < -0.39 is 11.6 Å². The Bertz CT molecular complexity index is 970. The van der Waals surface area contributed by atoms with Crippen LogP contribution in [0.5, 0.6) is 11.5 Å². The van der Waals surface area contributed by atoms with Gasteiger partial charge in [-0.3, -0.25) is 0 Å². The highest BCUT2D eigenvalue weighted by Gasteiger charge is 2.09. The number of rotatable bonds is 6. The highest BCUT2D eigenvalue weighted by atomic mass is 16.6. The Morgan fingerprint density at radius 2 is 1.77 bits per heavy atom. The molecule has 0 saturated heterocycles. The van der Waals surface area contributed by atoms with Crippen LogP contribution in [0.15, 0.2) is 57.7 Å². The van der Waals surface area contributed by atoms with Crippen LogP contribution in [-0.2, 0) is 11.2 Å². The van der Waals surface area contributed by atoms with Gasteiger partial charge >= 0.3 is 11.6 Å². The summed E-state index contributed by atoms with van der Waals surface area (Å²) in [6.07, 6.45) is 2.10. The van der Waals surface area contributed by atoms with Crippen molar-refractivity contribution in [3.63, 3.8) is 0 Å². The normalized spacial score (nSPS) is 10.7. The minimum absolute atomic E-state index is 0.205. The third kappa shape index (κ3) is 4.30. The van der Waals surface area contributed by atoms with Gasteiger partial charge in [0.2, 0.25) is 0 Å². The molecule has 134 valence electrons. The van der Waals surface area contributed by atoms with Gasteiger partial charge in [-0.2, -0.15) is 0 Å². The summed E-state index contributed by atoms with van der Waals surface area (Å²) in [7, 11) is 0. The van der Waals surface area contributed by atoms with E-state index in [0.717, 1.165) is 23.8 Å². The fraction of sp³-hybridized carbons (Fsp3) is 0.238. The zero-order valence-electron chi connectivity index (χ0n) is 14.8. The van der Waals surface area contributed by atoms with Crippen LogP contribution in [0, 0.1) is 6.92 Å². The van der Waals surface area contributed by atoms with Gasteiger partial charge in [-0.25, -0.2) is 9.59 Å². The smallest absolute Gasteiger partial charge is 0.349 e. The largest absolute Gasteiger partial charge is 0.482 e. The molecule has 0 spiro atoms. The first-order valence-corrected chi connectivity index (χ1v) is 8.52. The van der Waals surface area contributed by atoms with Gasteiger partial charge in [0.05, 0.1) is 0 Å². The molecular formula is C21H20O5. The minimum Gasteiger partial charge on any atom is -0.482 e. The number of aryl methyl sites for hydroxylation is 2.